The third-order valence-electron chi connectivity index (χ3n) is 2.73. The maximum Gasteiger partial charge on any atom is 0.453 e. The Morgan fingerprint density at radius 3 is 2.68 bits per heavy atom. The van der Waals surface area contributed by atoms with Gasteiger partial charge in [0.15, 0.2) is 5.65 Å². The number of hydrogen-bond acceptors (Lipinski definition) is 4. The minimum Gasteiger partial charge on any atom is -0.293 e. The number of aliphatic imine (C=N–C) groups is 1. The van der Waals surface area contributed by atoms with Gasteiger partial charge in [0.05, 0.1) is 12.2 Å². The summed E-state index contributed by atoms with van der Waals surface area (Å²) in [6.07, 6.45) is -0.459. The summed E-state index contributed by atoms with van der Waals surface area (Å²) in [5.74, 6) is -1.12. The largest absolute Gasteiger partial charge is 0.453 e. The SMILES string of the molecule is FC(F)(F)c1nnc2ccc(C3=CCN=CC3)nn12. The molecule has 0 saturated heterocycles. The van der Waals surface area contributed by atoms with E-state index in [2.05, 4.69) is 20.3 Å². The van der Waals surface area contributed by atoms with Crippen molar-refractivity contribution >= 4 is 17.4 Å². The molecule has 0 radical (unpaired) electrons. The zero-order valence-corrected chi connectivity index (χ0v) is 9.59. The van der Waals surface area contributed by atoms with Crippen LogP contribution in [0.15, 0.2) is 23.2 Å². The number of dihydropyridines is 1. The Labute approximate surface area is 105 Å². The van der Waals surface area contributed by atoms with E-state index in [4.69, 9.17) is 0 Å². The number of halogens is 3. The van der Waals surface area contributed by atoms with Gasteiger partial charge in [-0.05, 0) is 17.7 Å². The van der Waals surface area contributed by atoms with E-state index in [1.54, 1.807) is 12.3 Å². The molecule has 0 spiro atoms. The van der Waals surface area contributed by atoms with Gasteiger partial charge in [-0.2, -0.15) is 22.8 Å². The lowest BCUT2D eigenvalue weighted by Crippen LogP contribution is -2.13. The first-order chi connectivity index (χ1) is 9.05. The highest BCUT2D eigenvalue weighted by atomic mass is 19.4. The Morgan fingerprint density at radius 1 is 1.16 bits per heavy atom. The summed E-state index contributed by atoms with van der Waals surface area (Å²) < 4.78 is 38.9. The van der Waals surface area contributed by atoms with Crippen LogP contribution in [0.1, 0.15) is 17.9 Å². The molecule has 0 bridgehead atoms. The zero-order chi connectivity index (χ0) is 13.5. The molecule has 0 aromatic carbocycles. The Hall–Kier alpha value is -2.25. The molecule has 1 aliphatic heterocycles. The van der Waals surface area contributed by atoms with Crippen LogP contribution in [0, 0.1) is 0 Å². The molecule has 3 heterocycles. The summed E-state index contributed by atoms with van der Waals surface area (Å²) in [6, 6.07) is 3.10. The van der Waals surface area contributed by atoms with Crippen molar-refractivity contribution in [3.63, 3.8) is 0 Å². The molecule has 5 nitrogen and oxygen atoms in total. The number of aromatic nitrogens is 4. The van der Waals surface area contributed by atoms with Gasteiger partial charge in [-0.25, -0.2) is 0 Å². The highest BCUT2D eigenvalue weighted by Gasteiger charge is 2.37. The van der Waals surface area contributed by atoms with Gasteiger partial charge in [-0.1, -0.05) is 6.08 Å². The Morgan fingerprint density at radius 2 is 2.00 bits per heavy atom. The molecule has 1 aliphatic rings. The number of hydrogen-bond donors (Lipinski definition) is 0. The Bertz CT molecular complexity index is 683. The number of fused-ring (bicyclic) bond motifs is 1. The summed E-state index contributed by atoms with van der Waals surface area (Å²) in [6.45, 7) is 0.517. The quantitative estimate of drug-likeness (QED) is 0.794. The number of alkyl halides is 3. The van der Waals surface area contributed by atoms with Gasteiger partial charge in [-0.15, -0.1) is 10.2 Å². The van der Waals surface area contributed by atoms with E-state index in [-0.39, 0.29) is 5.65 Å². The maximum absolute atomic E-state index is 12.7. The van der Waals surface area contributed by atoms with Crippen LogP contribution in [0.2, 0.25) is 0 Å². The van der Waals surface area contributed by atoms with Crippen LogP contribution in [0.25, 0.3) is 11.2 Å². The molecule has 0 amide bonds. The van der Waals surface area contributed by atoms with E-state index in [1.165, 1.54) is 6.07 Å². The van der Waals surface area contributed by atoms with Crippen LogP contribution in [-0.2, 0) is 6.18 Å². The predicted octanol–water partition coefficient (Wildman–Crippen LogP) is 2.00. The van der Waals surface area contributed by atoms with Gasteiger partial charge in [0.2, 0.25) is 0 Å². The molecule has 0 atom stereocenters. The molecule has 2 aromatic rings. The Balaban J connectivity index is 2.11. The average Bonchev–Trinajstić information content (AvgIpc) is 2.82. The maximum atomic E-state index is 12.7. The zero-order valence-electron chi connectivity index (χ0n) is 9.59. The van der Waals surface area contributed by atoms with Crippen LogP contribution in [-0.4, -0.2) is 32.6 Å². The summed E-state index contributed by atoms with van der Waals surface area (Å²) >= 11 is 0. The first-order valence-electron chi connectivity index (χ1n) is 5.53. The summed E-state index contributed by atoms with van der Waals surface area (Å²) in [7, 11) is 0. The van der Waals surface area contributed by atoms with Crippen molar-refractivity contribution in [2.75, 3.05) is 6.54 Å². The molecule has 8 heteroatoms. The van der Waals surface area contributed by atoms with E-state index in [0.717, 1.165) is 10.1 Å². The molecular formula is C11H8F3N5. The van der Waals surface area contributed by atoms with E-state index in [1.807, 2.05) is 6.08 Å². The van der Waals surface area contributed by atoms with Gasteiger partial charge < -0.3 is 0 Å². The average molecular weight is 267 g/mol. The molecule has 3 rings (SSSR count). The van der Waals surface area contributed by atoms with Crippen LogP contribution in [0.3, 0.4) is 0 Å². The van der Waals surface area contributed by atoms with E-state index in [0.29, 0.717) is 18.7 Å². The van der Waals surface area contributed by atoms with E-state index >= 15 is 0 Å². The number of allylic oxidation sites excluding steroid dienone is 1. The van der Waals surface area contributed by atoms with E-state index in [9.17, 15) is 13.2 Å². The van der Waals surface area contributed by atoms with Crippen LogP contribution < -0.4 is 0 Å². The van der Waals surface area contributed by atoms with Crippen molar-refractivity contribution in [2.24, 2.45) is 4.99 Å². The second kappa shape index (κ2) is 4.15. The fraction of sp³-hybridized carbons (Fsp3) is 0.273. The van der Waals surface area contributed by atoms with Crippen molar-refractivity contribution in [2.45, 2.75) is 12.6 Å². The van der Waals surface area contributed by atoms with Gasteiger partial charge in [-0.3, -0.25) is 4.99 Å². The molecule has 0 saturated carbocycles. The van der Waals surface area contributed by atoms with Crippen LogP contribution in [0.4, 0.5) is 13.2 Å². The monoisotopic (exact) mass is 267 g/mol. The molecular weight excluding hydrogens is 259 g/mol. The highest BCUT2D eigenvalue weighted by molar-refractivity contribution is 5.80. The highest BCUT2D eigenvalue weighted by Crippen LogP contribution is 2.28. The van der Waals surface area contributed by atoms with Crippen LogP contribution >= 0.6 is 0 Å². The molecule has 0 N–H and O–H groups in total. The standard InChI is InChI=1S/C11H8F3N5/c12-11(13,14)10-17-16-9-2-1-8(18-19(9)10)7-3-5-15-6-4-7/h1-3,6H,4-5H2. The molecule has 0 aliphatic carbocycles. The van der Waals surface area contributed by atoms with Gasteiger partial charge in [0, 0.05) is 12.6 Å². The first-order valence-corrected chi connectivity index (χ1v) is 5.53. The molecule has 2 aromatic heterocycles. The first kappa shape index (κ1) is 11.8. The van der Waals surface area contributed by atoms with Crippen molar-refractivity contribution < 1.29 is 13.2 Å². The number of rotatable bonds is 1. The van der Waals surface area contributed by atoms with Crippen molar-refractivity contribution in [1.82, 2.24) is 19.8 Å². The number of nitrogens with zero attached hydrogens (tertiary/aromatic N) is 5. The van der Waals surface area contributed by atoms with Crippen molar-refractivity contribution in [3.8, 4) is 0 Å². The minimum atomic E-state index is -4.58. The minimum absolute atomic E-state index is 0.0705. The second-order valence-corrected chi connectivity index (χ2v) is 3.99. The molecule has 98 valence electrons. The van der Waals surface area contributed by atoms with Crippen molar-refractivity contribution in [3.05, 3.63) is 29.7 Å². The lowest BCUT2D eigenvalue weighted by Gasteiger charge is -2.08. The Kier molecular flexibility index (Phi) is 2.58. The fourth-order valence-electron chi connectivity index (χ4n) is 1.83. The van der Waals surface area contributed by atoms with Gasteiger partial charge in [0.25, 0.3) is 5.82 Å². The fourth-order valence-corrected chi connectivity index (χ4v) is 1.83. The topological polar surface area (TPSA) is 55.4 Å². The summed E-state index contributed by atoms with van der Waals surface area (Å²) in [5, 5.41) is 10.6. The normalized spacial score (nSPS) is 15.8. The summed E-state index contributed by atoms with van der Waals surface area (Å²) in [4.78, 5) is 4.02. The van der Waals surface area contributed by atoms with E-state index < -0.39 is 12.0 Å². The lowest BCUT2D eigenvalue weighted by molar-refractivity contribution is -0.146. The second-order valence-electron chi connectivity index (χ2n) is 3.99. The van der Waals surface area contributed by atoms with Crippen LogP contribution in [0.5, 0.6) is 0 Å². The summed E-state index contributed by atoms with van der Waals surface area (Å²) in [5.41, 5.74) is 1.39. The van der Waals surface area contributed by atoms with Gasteiger partial charge >= 0.3 is 6.18 Å². The van der Waals surface area contributed by atoms with Gasteiger partial charge in [0.1, 0.15) is 0 Å². The molecule has 19 heavy (non-hydrogen) atoms. The molecule has 0 unspecified atom stereocenters. The molecule has 0 fully saturated rings. The smallest absolute Gasteiger partial charge is 0.293 e. The third-order valence-corrected chi connectivity index (χ3v) is 2.73. The predicted molar refractivity (Wildman–Crippen MR) is 61.7 cm³/mol. The lowest BCUT2D eigenvalue weighted by atomic mass is 10.1. The third kappa shape index (κ3) is 2.09. The van der Waals surface area contributed by atoms with Crippen molar-refractivity contribution in [1.29, 1.82) is 0 Å².